The van der Waals surface area contributed by atoms with Crippen LogP contribution in [-0.4, -0.2) is 23.7 Å². The second-order valence-electron chi connectivity index (χ2n) is 4.84. The van der Waals surface area contributed by atoms with Crippen molar-refractivity contribution in [1.29, 1.82) is 0 Å². The van der Waals surface area contributed by atoms with Crippen molar-refractivity contribution >= 4 is 5.97 Å². The fraction of sp³-hybridized carbons (Fsp3) is 0.600. The van der Waals surface area contributed by atoms with E-state index in [-0.39, 0.29) is 12.1 Å². The molecule has 0 N–H and O–H groups in total. The molecule has 1 aromatic heterocycles. The van der Waals surface area contributed by atoms with Gasteiger partial charge in [-0.1, -0.05) is 12.8 Å². The highest BCUT2D eigenvalue weighted by Gasteiger charge is 2.14. The number of carbonyl (C=O) groups is 1. The van der Waals surface area contributed by atoms with E-state index in [4.69, 9.17) is 9.47 Å². The third-order valence-corrected chi connectivity index (χ3v) is 3.34. The zero-order valence-electron chi connectivity index (χ0n) is 11.4. The molecule has 1 heterocycles. The molecule has 1 aromatic rings. The number of carbonyl (C=O) groups excluding carboxylic acids is 1. The van der Waals surface area contributed by atoms with E-state index >= 15 is 0 Å². The lowest BCUT2D eigenvalue weighted by atomic mass is 10.1. The van der Waals surface area contributed by atoms with E-state index in [9.17, 15) is 4.79 Å². The Balaban J connectivity index is 1.92. The standard InChI is InChI=1S/C15H21NO3/c1-2-18-15(17)12-9-10-14(16-11-12)19-13-7-5-3-4-6-8-13/h9-11,13H,2-8H2,1H3. The summed E-state index contributed by atoms with van der Waals surface area (Å²) in [6.45, 7) is 2.16. The molecule has 0 radical (unpaired) electrons. The summed E-state index contributed by atoms with van der Waals surface area (Å²) >= 11 is 0. The molecule has 1 fully saturated rings. The first-order valence-electron chi connectivity index (χ1n) is 7.09. The summed E-state index contributed by atoms with van der Waals surface area (Å²) in [5.74, 6) is 0.260. The topological polar surface area (TPSA) is 48.4 Å². The minimum absolute atomic E-state index is 0.267. The molecule has 0 atom stereocenters. The molecule has 0 saturated heterocycles. The molecule has 1 aliphatic carbocycles. The molecule has 1 saturated carbocycles. The minimum Gasteiger partial charge on any atom is -0.474 e. The quantitative estimate of drug-likeness (QED) is 0.617. The van der Waals surface area contributed by atoms with Crippen LogP contribution in [0.1, 0.15) is 55.8 Å². The molecular formula is C15H21NO3. The highest BCUT2D eigenvalue weighted by molar-refractivity contribution is 5.89. The number of ether oxygens (including phenoxy) is 2. The molecule has 0 aromatic carbocycles. The summed E-state index contributed by atoms with van der Waals surface area (Å²) in [6, 6.07) is 3.45. The van der Waals surface area contributed by atoms with Gasteiger partial charge in [0.1, 0.15) is 6.10 Å². The monoisotopic (exact) mass is 263 g/mol. The molecule has 0 bridgehead atoms. The van der Waals surface area contributed by atoms with E-state index in [2.05, 4.69) is 4.98 Å². The van der Waals surface area contributed by atoms with Gasteiger partial charge in [0.25, 0.3) is 0 Å². The normalized spacial score (nSPS) is 16.7. The molecule has 0 spiro atoms. The molecule has 0 aliphatic heterocycles. The van der Waals surface area contributed by atoms with E-state index in [1.165, 1.54) is 31.9 Å². The molecule has 19 heavy (non-hydrogen) atoms. The molecule has 0 amide bonds. The van der Waals surface area contributed by atoms with Gasteiger partial charge in [-0.15, -0.1) is 0 Å². The third-order valence-electron chi connectivity index (χ3n) is 3.34. The van der Waals surface area contributed by atoms with E-state index < -0.39 is 0 Å². The number of nitrogens with zero attached hydrogens (tertiary/aromatic N) is 1. The molecule has 4 heteroatoms. The van der Waals surface area contributed by atoms with Gasteiger partial charge in [-0.3, -0.25) is 0 Å². The molecule has 1 aliphatic rings. The predicted molar refractivity (Wildman–Crippen MR) is 72.3 cm³/mol. The van der Waals surface area contributed by atoms with Gasteiger partial charge >= 0.3 is 5.97 Å². The summed E-state index contributed by atoms with van der Waals surface area (Å²) in [5, 5.41) is 0. The number of aromatic nitrogens is 1. The second-order valence-corrected chi connectivity index (χ2v) is 4.84. The highest BCUT2D eigenvalue weighted by Crippen LogP contribution is 2.21. The third kappa shape index (κ3) is 4.23. The Morgan fingerprint density at radius 3 is 2.58 bits per heavy atom. The number of hydrogen-bond donors (Lipinski definition) is 0. The Morgan fingerprint density at radius 1 is 1.26 bits per heavy atom. The van der Waals surface area contributed by atoms with E-state index in [0.717, 1.165) is 12.8 Å². The van der Waals surface area contributed by atoms with Crippen LogP contribution in [-0.2, 0) is 4.74 Å². The lowest BCUT2D eigenvalue weighted by molar-refractivity contribution is 0.0525. The van der Waals surface area contributed by atoms with Crippen molar-refractivity contribution in [3.05, 3.63) is 23.9 Å². The van der Waals surface area contributed by atoms with Gasteiger partial charge in [-0.05, 0) is 38.7 Å². The fourth-order valence-electron chi connectivity index (χ4n) is 2.32. The first kappa shape index (κ1) is 13.8. The Hall–Kier alpha value is -1.58. The summed E-state index contributed by atoms with van der Waals surface area (Å²) < 4.78 is 10.8. The van der Waals surface area contributed by atoms with Gasteiger partial charge in [-0.2, -0.15) is 0 Å². The van der Waals surface area contributed by atoms with Crippen molar-refractivity contribution in [3.8, 4) is 5.88 Å². The summed E-state index contributed by atoms with van der Waals surface area (Å²) in [6.07, 6.45) is 9.04. The SMILES string of the molecule is CCOC(=O)c1ccc(OC2CCCCCC2)nc1. The van der Waals surface area contributed by atoms with Crippen molar-refractivity contribution in [2.45, 2.75) is 51.6 Å². The number of rotatable bonds is 4. The van der Waals surface area contributed by atoms with E-state index in [0.29, 0.717) is 18.1 Å². The van der Waals surface area contributed by atoms with Crippen molar-refractivity contribution in [2.75, 3.05) is 6.61 Å². The Morgan fingerprint density at radius 2 is 2.00 bits per heavy atom. The Kier molecular flexibility index (Phi) is 5.19. The van der Waals surface area contributed by atoms with Crippen LogP contribution in [0.15, 0.2) is 18.3 Å². The maximum Gasteiger partial charge on any atom is 0.339 e. The van der Waals surface area contributed by atoms with Crippen LogP contribution in [0.2, 0.25) is 0 Å². The van der Waals surface area contributed by atoms with Crippen LogP contribution in [0.25, 0.3) is 0 Å². The van der Waals surface area contributed by atoms with Crippen molar-refractivity contribution < 1.29 is 14.3 Å². The van der Waals surface area contributed by atoms with Gasteiger partial charge in [-0.25, -0.2) is 9.78 Å². The van der Waals surface area contributed by atoms with Crippen LogP contribution in [0.5, 0.6) is 5.88 Å². The zero-order valence-corrected chi connectivity index (χ0v) is 11.4. The second kappa shape index (κ2) is 7.12. The van der Waals surface area contributed by atoms with E-state index in [1.807, 2.05) is 0 Å². The molecule has 0 unspecified atom stereocenters. The minimum atomic E-state index is -0.337. The highest BCUT2D eigenvalue weighted by atomic mass is 16.5. The van der Waals surface area contributed by atoms with Crippen LogP contribution in [0, 0.1) is 0 Å². The molecule has 2 rings (SSSR count). The van der Waals surface area contributed by atoms with Crippen LogP contribution >= 0.6 is 0 Å². The van der Waals surface area contributed by atoms with Crippen LogP contribution in [0.3, 0.4) is 0 Å². The van der Waals surface area contributed by atoms with Gasteiger partial charge < -0.3 is 9.47 Å². The predicted octanol–water partition coefficient (Wildman–Crippen LogP) is 3.36. The molecular weight excluding hydrogens is 242 g/mol. The van der Waals surface area contributed by atoms with Crippen molar-refractivity contribution in [2.24, 2.45) is 0 Å². The maximum absolute atomic E-state index is 11.5. The van der Waals surface area contributed by atoms with Crippen molar-refractivity contribution in [1.82, 2.24) is 4.98 Å². The number of hydrogen-bond acceptors (Lipinski definition) is 4. The average Bonchev–Trinajstić information content (AvgIpc) is 2.68. The summed E-state index contributed by atoms with van der Waals surface area (Å²) in [4.78, 5) is 15.7. The van der Waals surface area contributed by atoms with Gasteiger partial charge in [0, 0.05) is 12.3 Å². The summed E-state index contributed by atoms with van der Waals surface area (Å²) in [7, 11) is 0. The van der Waals surface area contributed by atoms with Gasteiger partial charge in [0.05, 0.1) is 12.2 Å². The van der Waals surface area contributed by atoms with E-state index in [1.54, 1.807) is 19.1 Å². The number of pyridine rings is 1. The average molecular weight is 263 g/mol. The first-order valence-corrected chi connectivity index (χ1v) is 7.09. The maximum atomic E-state index is 11.5. The smallest absolute Gasteiger partial charge is 0.339 e. The number of esters is 1. The molecule has 104 valence electrons. The molecule has 4 nitrogen and oxygen atoms in total. The fourth-order valence-corrected chi connectivity index (χ4v) is 2.32. The lowest BCUT2D eigenvalue weighted by Crippen LogP contribution is -2.16. The van der Waals surface area contributed by atoms with Gasteiger partial charge in [0.2, 0.25) is 5.88 Å². The zero-order chi connectivity index (χ0) is 13.5. The largest absolute Gasteiger partial charge is 0.474 e. The Bertz CT molecular complexity index is 394. The lowest BCUT2D eigenvalue weighted by Gasteiger charge is -2.15. The first-order chi connectivity index (χ1) is 9.29. The van der Waals surface area contributed by atoms with Gasteiger partial charge in [0.15, 0.2) is 0 Å². The Labute approximate surface area is 114 Å². The van der Waals surface area contributed by atoms with Crippen molar-refractivity contribution in [3.63, 3.8) is 0 Å². The van der Waals surface area contributed by atoms with Crippen LogP contribution in [0.4, 0.5) is 0 Å². The van der Waals surface area contributed by atoms with Crippen LogP contribution < -0.4 is 4.74 Å². The summed E-state index contributed by atoms with van der Waals surface area (Å²) in [5.41, 5.74) is 0.468.